The fraction of sp³-hybridized carbons (Fsp3) is 0.294. The number of amides is 2. The molecule has 2 aromatic rings. The number of hydrogen-bond donors (Lipinski definition) is 2. The fourth-order valence-corrected chi connectivity index (χ4v) is 3.33. The van der Waals surface area contributed by atoms with Crippen LogP contribution in [0.25, 0.3) is 0 Å². The number of nitrogens with zero attached hydrogens (tertiary/aromatic N) is 1. The fourth-order valence-electron chi connectivity index (χ4n) is 2.69. The molecule has 2 heterocycles. The first-order valence-corrected chi connectivity index (χ1v) is 8.51. The minimum atomic E-state index is -0.198. The van der Waals surface area contributed by atoms with E-state index in [2.05, 4.69) is 10.6 Å². The first-order chi connectivity index (χ1) is 11.2. The first-order valence-electron chi connectivity index (χ1n) is 7.57. The molecule has 5 nitrogen and oxygen atoms in total. The zero-order chi connectivity index (χ0) is 16.2. The van der Waals surface area contributed by atoms with Crippen LogP contribution < -0.4 is 10.6 Å². The van der Waals surface area contributed by atoms with Crippen molar-refractivity contribution in [2.24, 2.45) is 0 Å². The standard InChI is InChI=1S/C17H19N3O2S.ClH/c1-20(13-6-8-18-10-13)17(22)14-4-2-3-5-15(14)19-16(21)12-7-9-23-11-12;/h2-5,7,9,11,13,18H,6,8,10H2,1H3,(H,19,21);1H. The van der Waals surface area contributed by atoms with Gasteiger partial charge in [0.05, 0.1) is 16.8 Å². The number of hydrogen-bond acceptors (Lipinski definition) is 4. The van der Waals surface area contributed by atoms with Crippen LogP contribution in [0.15, 0.2) is 41.1 Å². The number of likely N-dealkylation sites (N-methyl/N-ethyl adjacent to an activating group) is 1. The van der Waals surface area contributed by atoms with Crippen LogP contribution in [-0.4, -0.2) is 42.9 Å². The Kier molecular flexibility index (Phi) is 6.36. The molecular formula is C17H20ClN3O2S. The quantitative estimate of drug-likeness (QED) is 0.875. The molecular weight excluding hydrogens is 346 g/mol. The second-order valence-electron chi connectivity index (χ2n) is 5.57. The van der Waals surface area contributed by atoms with Gasteiger partial charge >= 0.3 is 0 Å². The highest BCUT2D eigenvalue weighted by molar-refractivity contribution is 7.08. The van der Waals surface area contributed by atoms with Crippen LogP contribution >= 0.6 is 23.7 Å². The zero-order valence-corrected chi connectivity index (χ0v) is 15.0. The first kappa shape index (κ1) is 18.4. The molecule has 1 atom stereocenters. The summed E-state index contributed by atoms with van der Waals surface area (Å²) in [6.45, 7) is 1.74. The number of anilines is 1. The monoisotopic (exact) mass is 365 g/mol. The number of rotatable bonds is 4. The minimum absolute atomic E-state index is 0. The van der Waals surface area contributed by atoms with E-state index in [-0.39, 0.29) is 30.3 Å². The smallest absolute Gasteiger partial charge is 0.256 e. The third-order valence-corrected chi connectivity index (χ3v) is 4.77. The molecule has 0 radical (unpaired) electrons. The van der Waals surface area contributed by atoms with Gasteiger partial charge in [0.2, 0.25) is 0 Å². The molecule has 0 aliphatic carbocycles. The molecule has 7 heteroatoms. The minimum Gasteiger partial charge on any atom is -0.337 e. The van der Waals surface area contributed by atoms with Crippen LogP contribution in [0.4, 0.5) is 5.69 Å². The average Bonchev–Trinajstić information content (AvgIpc) is 3.27. The summed E-state index contributed by atoms with van der Waals surface area (Å²) in [7, 11) is 1.82. The Hall–Kier alpha value is -1.89. The number of para-hydroxylation sites is 1. The maximum absolute atomic E-state index is 12.8. The van der Waals surface area contributed by atoms with Gasteiger partial charge in [-0.1, -0.05) is 12.1 Å². The summed E-state index contributed by atoms with van der Waals surface area (Å²) in [5, 5.41) is 9.75. The van der Waals surface area contributed by atoms with E-state index in [9.17, 15) is 9.59 Å². The molecule has 1 saturated heterocycles. The van der Waals surface area contributed by atoms with Gasteiger partial charge in [-0.3, -0.25) is 9.59 Å². The lowest BCUT2D eigenvalue weighted by molar-refractivity contribution is 0.0745. The number of benzene rings is 1. The molecule has 1 aromatic carbocycles. The van der Waals surface area contributed by atoms with E-state index in [0.29, 0.717) is 16.8 Å². The van der Waals surface area contributed by atoms with E-state index < -0.39 is 0 Å². The van der Waals surface area contributed by atoms with E-state index in [4.69, 9.17) is 0 Å². The lowest BCUT2D eigenvalue weighted by Crippen LogP contribution is -2.38. The van der Waals surface area contributed by atoms with Crippen molar-refractivity contribution in [3.05, 3.63) is 52.2 Å². The number of thiophene rings is 1. The molecule has 0 spiro atoms. The summed E-state index contributed by atoms with van der Waals surface area (Å²) in [5.41, 5.74) is 1.67. The summed E-state index contributed by atoms with van der Waals surface area (Å²) in [5.74, 6) is -0.267. The van der Waals surface area contributed by atoms with Crippen molar-refractivity contribution in [3.8, 4) is 0 Å². The molecule has 3 rings (SSSR count). The Morgan fingerprint density at radius 2 is 2.08 bits per heavy atom. The summed E-state index contributed by atoms with van der Waals surface area (Å²) in [4.78, 5) is 26.8. The van der Waals surface area contributed by atoms with E-state index in [1.54, 1.807) is 28.5 Å². The van der Waals surface area contributed by atoms with Crippen molar-refractivity contribution < 1.29 is 9.59 Å². The van der Waals surface area contributed by atoms with Crippen molar-refractivity contribution in [1.82, 2.24) is 10.2 Å². The van der Waals surface area contributed by atoms with Gasteiger partial charge in [-0.25, -0.2) is 0 Å². The van der Waals surface area contributed by atoms with Crippen molar-refractivity contribution in [3.63, 3.8) is 0 Å². The van der Waals surface area contributed by atoms with Crippen LogP contribution in [0.2, 0.25) is 0 Å². The van der Waals surface area contributed by atoms with Crippen LogP contribution in [0.1, 0.15) is 27.1 Å². The number of carbonyl (C=O) groups is 2. The molecule has 2 amide bonds. The van der Waals surface area contributed by atoms with E-state index in [1.807, 2.05) is 24.6 Å². The molecule has 1 unspecified atom stereocenters. The molecule has 1 aromatic heterocycles. The summed E-state index contributed by atoms with van der Waals surface area (Å²) >= 11 is 1.47. The highest BCUT2D eigenvalue weighted by Gasteiger charge is 2.25. The van der Waals surface area contributed by atoms with E-state index in [0.717, 1.165) is 19.5 Å². The van der Waals surface area contributed by atoms with Gasteiger partial charge in [0, 0.05) is 25.0 Å². The number of halogens is 1. The highest BCUT2D eigenvalue weighted by atomic mass is 35.5. The lowest BCUT2D eigenvalue weighted by atomic mass is 10.1. The highest BCUT2D eigenvalue weighted by Crippen LogP contribution is 2.20. The molecule has 24 heavy (non-hydrogen) atoms. The Bertz CT molecular complexity index is 700. The summed E-state index contributed by atoms with van der Waals surface area (Å²) < 4.78 is 0. The predicted octanol–water partition coefficient (Wildman–Crippen LogP) is 2.86. The molecule has 1 fully saturated rings. The van der Waals surface area contributed by atoms with E-state index in [1.165, 1.54) is 11.3 Å². The molecule has 128 valence electrons. The van der Waals surface area contributed by atoms with Crippen molar-refractivity contribution in [2.75, 3.05) is 25.5 Å². The topological polar surface area (TPSA) is 61.4 Å². The molecule has 0 saturated carbocycles. The third kappa shape index (κ3) is 3.95. The summed E-state index contributed by atoms with van der Waals surface area (Å²) in [6.07, 6.45) is 0.950. The van der Waals surface area contributed by atoms with Crippen molar-refractivity contribution >= 4 is 41.2 Å². The molecule has 0 bridgehead atoms. The summed E-state index contributed by atoms with van der Waals surface area (Å²) in [6, 6.07) is 9.11. The second kappa shape index (κ2) is 8.28. The molecule has 2 N–H and O–H groups in total. The van der Waals surface area contributed by atoms with Crippen molar-refractivity contribution in [2.45, 2.75) is 12.5 Å². The number of carbonyl (C=O) groups excluding carboxylic acids is 2. The van der Waals surface area contributed by atoms with Gasteiger partial charge in [-0.15, -0.1) is 12.4 Å². The molecule has 1 aliphatic rings. The van der Waals surface area contributed by atoms with Gasteiger partial charge in [-0.2, -0.15) is 11.3 Å². The lowest BCUT2D eigenvalue weighted by Gasteiger charge is -2.24. The Balaban J connectivity index is 0.00000208. The Morgan fingerprint density at radius 3 is 2.75 bits per heavy atom. The van der Waals surface area contributed by atoms with Gasteiger partial charge in [0.1, 0.15) is 0 Å². The number of nitrogens with one attached hydrogen (secondary N) is 2. The van der Waals surface area contributed by atoms with Gasteiger partial charge in [0.15, 0.2) is 0 Å². The largest absolute Gasteiger partial charge is 0.337 e. The van der Waals surface area contributed by atoms with Gasteiger partial charge in [-0.05, 0) is 36.5 Å². The van der Waals surface area contributed by atoms with Crippen LogP contribution in [0.5, 0.6) is 0 Å². The van der Waals surface area contributed by atoms with E-state index >= 15 is 0 Å². The van der Waals surface area contributed by atoms with Gasteiger partial charge in [0.25, 0.3) is 11.8 Å². The van der Waals surface area contributed by atoms with Gasteiger partial charge < -0.3 is 15.5 Å². The Morgan fingerprint density at radius 1 is 1.29 bits per heavy atom. The van der Waals surface area contributed by atoms with Crippen LogP contribution in [0, 0.1) is 0 Å². The SMILES string of the molecule is CN(C(=O)c1ccccc1NC(=O)c1ccsc1)C1CCNC1.Cl. The maximum Gasteiger partial charge on any atom is 0.256 e. The zero-order valence-electron chi connectivity index (χ0n) is 13.3. The molecule has 1 aliphatic heterocycles. The Labute approximate surface area is 151 Å². The van der Waals surface area contributed by atoms with Crippen LogP contribution in [-0.2, 0) is 0 Å². The van der Waals surface area contributed by atoms with Crippen molar-refractivity contribution in [1.29, 1.82) is 0 Å². The average molecular weight is 366 g/mol. The van der Waals surface area contributed by atoms with Crippen LogP contribution in [0.3, 0.4) is 0 Å². The third-order valence-electron chi connectivity index (χ3n) is 4.09. The normalized spacial score (nSPS) is 16.3. The second-order valence-corrected chi connectivity index (χ2v) is 6.35. The predicted molar refractivity (Wildman–Crippen MR) is 99.3 cm³/mol. The maximum atomic E-state index is 12.8.